The average Bonchev–Trinajstić information content (AvgIpc) is 3.34. The highest BCUT2D eigenvalue weighted by molar-refractivity contribution is 6.74. The Bertz CT molecular complexity index is 1340. The summed E-state index contributed by atoms with van der Waals surface area (Å²) in [6.45, 7) is 0.344. The Kier molecular flexibility index (Phi) is 6.67. The van der Waals surface area contributed by atoms with E-state index in [-0.39, 0.29) is 17.4 Å². The Morgan fingerprint density at radius 1 is 1.09 bits per heavy atom. The number of hydrogen-bond acceptors (Lipinski definition) is 6. The second-order valence-corrected chi connectivity index (χ2v) is 7.63. The molecule has 0 radical (unpaired) electrons. The van der Waals surface area contributed by atoms with Crippen LogP contribution in [0.5, 0.6) is 0 Å². The van der Waals surface area contributed by atoms with Crippen LogP contribution in [0.1, 0.15) is 11.3 Å². The van der Waals surface area contributed by atoms with E-state index in [4.69, 9.17) is 21.8 Å². The zero-order valence-electron chi connectivity index (χ0n) is 18.4. The Hall–Kier alpha value is -4.08. The number of imide groups is 1. The molecule has 2 heterocycles. The molecular formula is C24H21ClN6O3. The Balaban J connectivity index is 1.70. The van der Waals surface area contributed by atoms with Crippen molar-refractivity contribution in [2.75, 3.05) is 19.0 Å². The van der Waals surface area contributed by atoms with Gasteiger partial charge in [0.1, 0.15) is 5.76 Å². The van der Waals surface area contributed by atoms with Crippen molar-refractivity contribution < 1.29 is 14.0 Å². The van der Waals surface area contributed by atoms with Crippen molar-refractivity contribution in [3.05, 3.63) is 77.0 Å². The number of anilines is 1. The van der Waals surface area contributed by atoms with Crippen molar-refractivity contribution in [1.29, 1.82) is 0 Å². The topological polar surface area (TPSA) is 126 Å². The number of nitrogens with one attached hydrogen (secondary N) is 1. The predicted octanol–water partition coefficient (Wildman–Crippen LogP) is 3.66. The van der Waals surface area contributed by atoms with Crippen LogP contribution in [0.25, 0.3) is 11.3 Å². The minimum atomic E-state index is -0.646. The molecule has 3 aromatic rings. The normalized spacial score (nSPS) is 16.9. The summed E-state index contributed by atoms with van der Waals surface area (Å²) in [6.07, 6.45) is 0. The average molecular weight is 477 g/mol. The molecule has 1 aliphatic rings. The van der Waals surface area contributed by atoms with Crippen molar-refractivity contribution >= 4 is 46.6 Å². The largest absolute Gasteiger partial charge is 0.453 e. The van der Waals surface area contributed by atoms with Crippen molar-refractivity contribution in [2.24, 2.45) is 20.7 Å². The van der Waals surface area contributed by atoms with Crippen molar-refractivity contribution in [1.82, 2.24) is 5.32 Å². The van der Waals surface area contributed by atoms with Crippen LogP contribution in [0, 0.1) is 0 Å². The third-order valence-corrected chi connectivity index (χ3v) is 5.31. The van der Waals surface area contributed by atoms with Crippen molar-refractivity contribution in [3.8, 4) is 11.3 Å². The molecule has 2 aromatic carbocycles. The molecule has 3 amide bonds. The van der Waals surface area contributed by atoms with Gasteiger partial charge in [-0.05, 0) is 42.0 Å². The van der Waals surface area contributed by atoms with Gasteiger partial charge in [-0.1, -0.05) is 35.9 Å². The van der Waals surface area contributed by atoms with Gasteiger partial charge < -0.3 is 10.2 Å². The number of rotatable bonds is 4. The summed E-state index contributed by atoms with van der Waals surface area (Å²) in [4.78, 5) is 39.6. The second-order valence-electron chi connectivity index (χ2n) is 7.20. The maximum atomic E-state index is 13.3. The Morgan fingerprint density at radius 3 is 2.50 bits per heavy atom. The molecule has 172 valence electrons. The molecule has 4 rings (SSSR count). The minimum Gasteiger partial charge on any atom is -0.453 e. The van der Waals surface area contributed by atoms with Gasteiger partial charge in [0.25, 0.3) is 5.91 Å². The molecular weight excluding hydrogens is 456 g/mol. The van der Waals surface area contributed by atoms with Crippen LogP contribution in [-0.4, -0.2) is 43.4 Å². The van der Waals surface area contributed by atoms with Crippen molar-refractivity contribution in [2.45, 2.75) is 6.54 Å². The number of amidine groups is 2. The van der Waals surface area contributed by atoms with Crippen LogP contribution in [0.3, 0.4) is 0 Å². The van der Waals surface area contributed by atoms with Crippen molar-refractivity contribution in [3.63, 3.8) is 0 Å². The molecule has 0 spiro atoms. The van der Waals surface area contributed by atoms with Crippen LogP contribution >= 0.6 is 11.6 Å². The summed E-state index contributed by atoms with van der Waals surface area (Å²) in [7, 11) is 2.98. The lowest BCUT2D eigenvalue weighted by molar-refractivity contribution is -0.111. The van der Waals surface area contributed by atoms with E-state index in [1.54, 1.807) is 48.5 Å². The number of aliphatic imine (C=N–C) groups is 3. The second kappa shape index (κ2) is 9.82. The monoisotopic (exact) mass is 476 g/mol. The molecule has 1 saturated heterocycles. The first kappa shape index (κ1) is 23.1. The molecule has 0 atom stereocenters. The van der Waals surface area contributed by atoms with Gasteiger partial charge >= 0.3 is 6.03 Å². The van der Waals surface area contributed by atoms with E-state index in [9.17, 15) is 9.59 Å². The van der Waals surface area contributed by atoms with Gasteiger partial charge in [0.05, 0.1) is 5.69 Å². The molecule has 1 aliphatic heterocycles. The summed E-state index contributed by atoms with van der Waals surface area (Å²) in [5.41, 5.74) is 7.59. The third kappa shape index (κ3) is 4.52. The molecule has 0 bridgehead atoms. The number of benzene rings is 2. The predicted molar refractivity (Wildman–Crippen MR) is 133 cm³/mol. The lowest BCUT2D eigenvalue weighted by Crippen LogP contribution is -2.59. The molecule has 1 fully saturated rings. The van der Waals surface area contributed by atoms with E-state index in [0.717, 1.165) is 16.0 Å². The zero-order valence-corrected chi connectivity index (χ0v) is 19.2. The SMILES string of the molecule is CN=C1NC(=O)N(c2ccc(CN)cc2)C(=O)C1=NC(=NC)c1ccc(-c2cccc(Cl)c2)o1. The van der Waals surface area contributed by atoms with E-state index in [1.165, 1.54) is 14.1 Å². The van der Waals surface area contributed by atoms with E-state index < -0.39 is 11.9 Å². The molecule has 0 aliphatic carbocycles. The van der Waals surface area contributed by atoms with Gasteiger partial charge in [-0.15, -0.1) is 0 Å². The first-order valence-corrected chi connectivity index (χ1v) is 10.7. The number of carbonyl (C=O) groups is 2. The first-order chi connectivity index (χ1) is 16.4. The zero-order chi connectivity index (χ0) is 24.2. The quantitative estimate of drug-likeness (QED) is 0.440. The number of urea groups is 1. The van der Waals surface area contributed by atoms with Gasteiger partial charge in [-0.3, -0.25) is 20.1 Å². The molecule has 3 N–H and O–H groups in total. The van der Waals surface area contributed by atoms with E-state index in [0.29, 0.717) is 28.8 Å². The summed E-state index contributed by atoms with van der Waals surface area (Å²) in [5, 5.41) is 3.18. The van der Waals surface area contributed by atoms with E-state index in [1.807, 2.05) is 12.1 Å². The smallest absolute Gasteiger partial charge is 0.334 e. The van der Waals surface area contributed by atoms with E-state index in [2.05, 4.69) is 20.3 Å². The number of nitrogens with two attached hydrogens (primary N) is 1. The molecule has 10 heteroatoms. The number of nitrogens with zero attached hydrogens (tertiary/aromatic N) is 4. The Labute approximate surface area is 200 Å². The molecule has 1 aromatic heterocycles. The molecule has 0 unspecified atom stereocenters. The first-order valence-electron chi connectivity index (χ1n) is 10.3. The van der Waals surface area contributed by atoms with Gasteiger partial charge in [-0.25, -0.2) is 14.7 Å². The highest BCUT2D eigenvalue weighted by Crippen LogP contribution is 2.25. The Morgan fingerprint density at radius 2 is 1.85 bits per heavy atom. The summed E-state index contributed by atoms with van der Waals surface area (Å²) >= 11 is 6.08. The van der Waals surface area contributed by atoms with Gasteiger partial charge in [0.15, 0.2) is 23.1 Å². The van der Waals surface area contributed by atoms with Crippen LogP contribution in [0.2, 0.25) is 5.02 Å². The maximum absolute atomic E-state index is 13.3. The fraction of sp³-hybridized carbons (Fsp3) is 0.125. The molecule has 9 nitrogen and oxygen atoms in total. The number of hydrogen-bond donors (Lipinski definition) is 2. The van der Waals surface area contributed by atoms with Crippen LogP contribution in [-0.2, 0) is 11.3 Å². The summed E-state index contributed by atoms with van der Waals surface area (Å²) < 4.78 is 5.92. The highest BCUT2D eigenvalue weighted by atomic mass is 35.5. The fourth-order valence-electron chi connectivity index (χ4n) is 3.37. The highest BCUT2D eigenvalue weighted by Gasteiger charge is 2.37. The lowest BCUT2D eigenvalue weighted by Gasteiger charge is -2.27. The van der Waals surface area contributed by atoms with Gasteiger partial charge in [0, 0.05) is 31.2 Å². The standard InChI is InChI=1S/C24H21ClN6O3/c1-27-21(19-11-10-18(34-19)15-4-3-5-16(25)12-15)29-20-22(28-2)30-24(33)31(23(20)32)17-8-6-14(13-26)7-9-17/h3-12H,13,26H2,1-2H3,(H,28,30,33). The number of amides is 3. The van der Waals surface area contributed by atoms with Gasteiger partial charge in [-0.2, -0.15) is 0 Å². The third-order valence-electron chi connectivity index (χ3n) is 5.08. The summed E-state index contributed by atoms with van der Waals surface area (Å²) in [5.74, 6) is 0.449. The van der Waals surface area contributed by atoms with Crippen LogP contribution in [0.4, 0.5) is 10.5 Å². The summed E-state index contributed by atoms with van der Waals surface area (Å²) in [6, 6.07) is 16.8. The lowest BCUT2D eigenvalue weighted by atomic mass is 10.1. The molecule has 0 saturated carbocycles. The van der Waals surface area contributed by atoms with E-state index >= 15 is 0 Å². The molecule has 34 heavy (non-hydrogen) atoms. The number of halogens is 1. The number of furan rings is 1. The maximum Gasteiger partial charge on any atom is 0.334 e. The number of carbonyl (C=O) groups excluding carboxylic acids is 2. The van der Waals surface area contributed by atoms with Crippen LogP contribution in [0.15, 0.2) is 80.1 Å². The minimum absolute atomic E-state index is 0.0348. The van der Waals surface area contributed by atoms with Crippen LogP contribution < -0.4 is 16.0 Å². The fourth-order valence-corrected chi connectivity index (χ4v) is 3.56. The van der Waals surface area contributed by atoms with Gasteiger partial charge in [0.2, 0.25) is 0 Å².